The molecule has 0 aliphatic rings. The number of aromatic nitrogens is 2. The van der Waals surface area contributed by atoms with Gasteiger partial charge in [-0.15, -0.1) is 0 Å². The minimum atomic E-state index is -4.74. The van der Waals surface area contributed by atoms with Crippen LogP contribution in [0.3, 0.4) is 0 Å². The van der Waals surface area contributed by atoms with Crippen LogP contribution in [0.25, 0.3) is 0 Å². The van der Waals surface area contributed by atoms with E-state index in [0.29, 0.717) is 6.07 Å². The minimum absolute atomic E-state index is 0.402. The summed E-state index contributed by atoms with van der Waals surface area (Å²) >= 11 is 0. The Bertz CT molecular complexity index is 368. The number of nitrogen functional groups attached to an aromatic ring is 1. The molecule has 0 atom stereocenters. The molecule has 0 fully saturated rings. The summed E-state index contributed by atoms with van der Waals surface area (Å²) in [4.78, 5) is 6.14. The highest BCUT2D eigenvalue weighted by Crippen LogP contribution is 2.29. The number of nitrogens with zero attached hydrogens (tertiary/aromatic N) is 2. The number of hydrogen-bond acceptors (Lipinski definition) is 4. The van der Waals surface area contributed by atoms with Gasteiger partial charge in [-0.1, -0.05) is 0 Å². The molecule has 0 saturated heterocycles. The van der Waals surface area contributed by atoms with Crippen LogP contribution in [0.1, 0.15) is 5.69 Å². The lowest BCUT2D eigenvalue weighted by Crippen LogP contribution is -2.13. The summed E-state index contributed by atoms with van der Waals surface area (Å²) in [5.41, 5.74) is 3.63. The Morgan fingerprint density at radius 2 is 1.94 bits per heavy atom. The van der Waals surface area contributed by atoms with Crippen molar-refractivity contribution in [1.29, 1.82) is 0 Å². The maximum absolute atomic E-state index is 12.2. The Morgan fingerprint density at radius 3 is 2.44 bits per heavy atom. The second-order valence-corrected chi connectivity index (χ2v) is 2.65. The SMILES string of the molecule is Nc1nc(OCC(F)F)cc(C(F)(F)F)n1. The second-order valence-electron chi connectivity index (χ2n) is 2.65. The molecule has 0 aromatic carbocycles. The van der Waals surface area contributed by atoms with Gasteiger partial charge >= 0.3 is 6.18 Å². The molecule has 1 rings (SSSR count). The lowest BCUT2D eigenvalue weighted by atomic mass is 10.4. The molecule has 90 valence electrons. The molecular formula is C7H6F5N3O. The van der Waals surface area contributed by atoms with Crippen LogP contribution in [0.2, 0.25) is 0 Å². The van der Waals surface area contributed by atoms with E-state index in [2.05, 4.69) is 14.7 Å². The first-order chi connectivity index (χ1) is 7.29. The number of ether oxygens (including phenoxy) is 1. The van der Waals surface area contributed by atoms with Gasteiger partial charge in [-0.2, -0.15) is 18.2 Å². The first-order valence-corrected chi connectivity index (χ1v) is 3.91. The van der Waals surface area contributed by atoms with Crippen LogP contribution >= 0.6 is 0 Å². The highest BCUT2D eigenvalue weighted by Gasteiger charge is 2.33. The maximum Gasteiger partial charge on any atom is 0.433 e. The molecule has 0 saturated carbocycles. The molecule has 9 heteroatoms. The van der Waals surface area contributed by atoms with Gasteiger partial charge in [0.05, 0.1) is 0 Å². The van der Waals surface area contributed by atoms with E-state index in [1.807, 2.05) is 0 Å². The van der Waals surface area contributed by atoms with Crippen molar-refractivity contribution in [2.24, 2.45) is 0 Å². The Balaban J connectivity index is 2.90. The Morgan fingerprint density at radius 1 is 1.31 bits per heavy atom. The third kappa shape index (κ3) is 3.48. The summed E-state index contributed by atoms with van der Waals surface area (Å²) in [6.07, 6.45) is -7.55. The van der Waals surface area contributed by atoms with Crippen molar-refractivity contribution in [1.82, 2.24) is 9.97 Å². The quantitative estimate of drug-likeness (QED) is 0.821. The molecule has 16 heavy (non-hydrogen) atoms. The van der Waals surface area contributed by atoms with E-state index >= 15 is 0 Å². The van der Waals surface area contributed by atoms with Crippen LogP contribution in [-0.2, 0) is 6.18 Å². The third-order valence-corrected chi connectivity index (χ3v) is 1.37. The number of hydrogen-bond donors (Lipinski definition) is 1. The Hall–Kier alpha value is -1.67. The highest BCUT2D eigenvalue weighted by molar-refractivity contribution is 5.27. The van der Waals surface area contributed by atoms with Crippen LogP contribution < -0.4 is 10.5 Å². The zero-order valence-corrected chi connectivity index (χ0v) is 7.63. The summed E-state index contributed by atoms with van der Waals surface area (Å²) in [5.74, 6) is -1.33. The average molecular weight is 243 g/mol. The van der Waals surface area contributed by atoms with Crippen molar-refractivity contribution in [3.63, 3.8) is 0 Å². The topological polar surface area (TPSA) is 61.0 Å². The normalized spacial score (nSPS) is 11.9. The van der Waals surface area contributed by atoms with Gasteiger partial charge in [-0.25, -0.2) is 13.8 Å². The van der Waals surface area contributed by atoms with Gasteiger partial charge in [-0.3, -0.25) is 0 Å². The van der Waals surface area contributed by atoms with Gasteiger partial charge in [0.1, 0.15) is 0 Å². The molecule has 1 aromatic heterocycles. The fourth-order valence-electron chi connectivity index (χ4n) is 0.810. The summed E-state index contributed by atoms with van der Waals surface area (Å²) in [6.45, 7) is -1.06. The van der Waals surface area contributed by atoms with Crippen LogP contribution in [0.4, 0.5) is 27.9 Å². The standard InChI is InChI=1S/C7H6F5N3O/c8-4(9)2-16-5-1-3(7(10,11)12)14-6(13)15-5/h1,4H,2H2,(H2,13,14,15). The molecule has 0 aliphatic carbocycles. The van der Waals surface area contributed by atoms with Crippen molar-refractivity contribution in [2.75, 3.05) is 12.3 Å². The fraction of sp³-hybridized carbons (Fsp3) is 0.429. The lowest BCUT2D eigenvalue weighted by molar-refractivity contribution is -0.141. The van der Waals surface area contributed by atoms with Crippen molar-refractivity contribution in [2.45, 2.75) is 12.6 Å². The molecule has 0 radical (unpaired) electrons. The molecule has 0 spiro atoms. The molecule has 0 bridgehead atoms. The van der Waals surface area contributed by atoms with E-state index in [0.717, 1.165) is 0 Å². The summed E-state index contributed by atoms with van der Waals surface area (Å²) in [6, 6.07) is 0.402. The van der Waals surface area contributed by atoms with Crippen LogP contribution in [-0.4, -0.2) is 23.0 Å². The first-order valence-electron chi connectivity index (χ1n) is 3.91. The van der Waals surface area contributed by atoms with Crippen molar-refractivity contribution >= 4 is 5.95 Å². The average Bonchev–Trinajstić information content (AvgIpc) is 2.12. The zero-order valence-electron chi connectivity index (χ0n) is 7.63. The van der Waals surface area contributed by atoms with E-state index in [1.54, 1.807) is 0 Å². The highest BCUT2D eigenvalue weighted by atomic mass is 19.4. The summed E-state index contributed by atoms with van der Waals surface area (Å²) < 4.78 is 64.4. The van der Waals surface area contributed by atoms with Crippen LogP contribution in [0, 0.1) is 0 Å². The maximum atomic E-state index is 12.2. The Kier molecular flexibility index (Phi) is 3.45. The predicted molar refractivity (Wildman–Crippen MR) is 42.9 cm³/mol. The van der Waals surface area contributed by atoms with Crippen molar-refractivity contribution in [3.8, 4) is 5.88 Å². The van der Waals surface area contributed by atoms with Crippen LogP contribution in [0.5, 0.6) is 5.88 Å². The molecule has 4 nitrogen and oxygen atoms in total. The number of rotatable bonds is 3. The van der Waals surface area contributed by atoms with Gasteiger partial charge in [0.2, 0.25) is 11.8 Å². The summed E-state index contributed by atoms with van der Waals surface area (Å²) in [5, 5.41) is 0. The molecule has 0 amide bonds. The molecule has 1 aromatic rings. The van der Waals surface area contributed by atoms with Gasteiger partial charge in [-0.05, 0) is 0 Å². The molecule has 2 N–H and O–H groups in total. The zero-order chi connectivity index (χ0) is 12.3. The van der Waals surface area contributed by atoms with E-state index < -0.39 is 36.7 Å². The van der Waals surface area contributed by atoms with E-state index in [-0.39, 0.29) is 0 Å². The number of halogens is 5. The van der Waals surface area contributed by atoms with Gasteiger partial charge in [0.15, 0.2) is 12.3 Å². The van der Waals surface area contributed by atoms with E-state index in [4.69, 9.17) is 5.73 Å². The van der Waals surface area contributed by atoms with Gasteiger partial charge < -0.3 is 10.5 Å². The molecule has 1 heterocycles. The van der Waals surface area contributed by atoms with Crippen LogP contribution in [0.15, 0.2) is 6.07 Å². The number of nitrogens with two attached hydrogens (primary N) is 1. The molecule has 0 aliphatic heterocycles. The smallest absolute Gasteiger partial charge is 0.433 e. The summed E-state index contributed by atoms with van der Waals surface area (Å²) in [7, 11) is 0. The molecular weight excluding hydrogens is 237 g/mol. The monoisotopic (exact) mass is 243 g/mol. The van der Waals surface area contributed by atoms with Crippen molar-refractivity contribution < 1.29 is 26.7 Å². The molecule has 0 unspecified atom stereocenters. The number of alkyl halides is 5. The second kappa shape index (κ2) is 4.45. The van der Waals surface area contributed by atoms with Gasteiger partial charge in [0, 0.05) is 6.07 Å². The van der Waals surface area contributed by atoms with E-state index in [1.165, 1.54) is 0 Å². The predicted octanol–water partition coefficient (Wildman–Crippen LogP) is 1.72. The van der Waals surface area contributed by atoms with Crippen molar-refractivity contribution in [3.05, 3.63) is 11.8 Å². The largest absolute Gasteiger partial charge is 0.471 e. The lowest BCUT2D eigenvalue weighted by Gasteiger charge is -2.09. The first kappa shape index (κ1) is 12.4. The van der Waals surface area contributed by atoms with E-state index in [9.17, 15) is 22.0 Å². The third-order valence-electron chi connectivity index (χ3n) is 1.37. The number of anilines is 1. The Labute approximate surface area is 86.2 Å². The fourth-order valence-corrected chi connectivity index (χ4v) is 0.810. The van der Waals surface area contributed by atoms with Gasteiger partial charge in [0.25, 0.3) is 6.43 Å². The minimum Gasteiger partial charge on any atom is -0.471 e.